The lowest BCUT2D eigenvalue weighted by molar-refractivity contribution is 0.492. The number of hydrogen-bond donors (Lipinski definition) is 1. The molecule has 1 unspecified atom stereocenters. The minimum Gasteiger partial charge on any atom is -0.314 e. The fourth-order valence-corrected chi connectivity index (χ4v) is 2.29. The summed E-state index contributed by atoms with van der Waals surface area (Å²) in [6.45, 7) is 5.53. The molecule has 0 radical (unpaired) electrons. The zero-order valence-electron chi connectivity index (χ0n) is 11.3. The van der Waals surface area contributed by atoms with Crippen LogP contribution in [-0.4, -0.2) is 17.6 Å². The molecular weight excluding hydrogens is 220 g/mol. The van der Waals surface area contributed by atoms with Gasteiger partial charge in [0.2, 0.25) is 0 Å². The SMILES string of the molecule is CCCNC(CC)Cc1nccc2ccccc12. The van der Waals surface area contributed by atoms with Crippen LogP contribution in [0, 0.1) is 0 Å². The smallest absolute Gasteiger partial charge is 0.0497 e. The Labute approximate surface area is 109 Å². The average molecular weight is 242 g/mol. The third-order valence-corrected chi connectivity index (χ3v) is 3.37. The molecule has 2 heteroatoms. The molecule has 0 saturated heterocycles. The van der Waals surface area contributed by atoms with Crippen molar-refractivity contribution in [3.05, 3.63) is 42.2 Å². The van der Waals surface area contributed by atoms with Crippen molar-refractivity contribution in [1.82, 2.24) is 10.3 Å². The summed E-state index contributed by atoms with van der Waals surface area (Å²) in [5.41, 5.74) is 1.21. The second-order valence-electron chi connectivity index (χ2n) is 4.74. The topological polar surface area (TPSA) is 24.9 Å². The zero-order valence-corrected chi connectivity index (χ0v) is 11.3. The lowest BCUT2D eigenvalue weighted by Crippen LogP contribution is -2.31. The van der Waals surface area contributed by atoms with E-state index in [1.165, 1.54) is 22.9 Å². The molecule has 2 rings (SSSR count). The maximum Gasteiger partial charge on any atom is 0.0497 e. The van der Waals surface area contributed by atoms with Crippen LogP contribution >= 0.6 is 0 Å². The van der Waals surface area contributed by atoms with Gasteiger partial charge in [0.15, 0.2) is 0 Å². The van der Waals surface area contributed by atoms with E-state index in [1.807, 2.05) is 6.20 Å². The average Bonchev–Trinajstić information content (AvgIpc) is 2.43. The number of nitrogens with one attached hydrogen (secondary N) is 1. The first kappa shape index (κ1) is 13.0. The first-order valence-electron chi connectivity index (χ1n) is 6.91. The highest BCUT2D eigenvalue weighted by Gasteiger charge is 2.09. The van der Waals surface area contributed by atoms with Gasteiger partial charge in [0.05, 0.1) is 0 Å². The van der Waals surface area contributed by atoms with E-state index in [0.29, 0.717) is 6.04 Å². The third-order valence-electron chi connectivity index (χ3n) is 3.37. The minimum absolute atomic E-state index is 0.531. The molecule has 0 amide bonds. The van der Waals surface area contributed by atoms with Gasteiger partial charge < -0.3 is 5.32 Å². The van der Waals surface area contributed by atoms with Gasteiger partial charge >= 0.3 is 0 Å². The number of hydrogen-bond acceptors (Lipinski definition) is 2. The highest BCUT2D eigenvalue weighted by atomic mass is 14.9. The number of rotatable bonds is 6. The lowest BCUT2D eigenvalue weighted by atomic mass is 10.0. The molecular formula is C16H22N2. The molecule has 0 aliphatic heterocycles. The van der Waals surface area contributed by atoms with Gasteiger partial charge in [-0.25, -0.2) is 0 Å². The van der Waals surface area contributed by atoms with E-state index in [9.17, 15) is 0 Å². The number of fused-ring (bicyclic) bond motifs is 1. The third kappa shape index (κ3) is 3.08. The van der Waals surface area contributed by atoms with Crippen LogP contribution in [-0.2, 0) is 6.42 Å². The van der Waals surface area contributed by atoms with Crippen molar-refractivity contribution in [3.63, 3.8) is 0 Å². The summed E-state index contributed by atoms with van der Waals surface area (Å²) in [5, 5.41) is 6.17. The predicted molar refractivity (Wildman–Crippen MR) is 77.8 cm³/mol. The summed E-state index contributed by atoms with van der Waals surface area (Å²) in [7, 11) is 0. The van der Waals surface area contributed by atoms with E-state index in [2.05, 4.69) is 54.5 Å². The highest BCUT2D eigenvalue weighted by Crippen LogP contribution is 2.18. The zero-order chi connectivity index (χ0) is 12.8. The maximum absolute atomic E-state index is 4.56. The molecule has 2 aromatic rings. The molecule has 18 heavy (non-hydrogen) atoms. The van der Waals surface area contributed by atoms with Gasteiger partial charge in [-0.15, -0.1) is 0 Å². The van der Waals surface area contributed by atoms with Crippen molar-refractivity contribution in [2.45, 2.75) is 39.2 Å². The molecule has 0 bridgehead atoms. The fraction of sp³-hybridized carbons (Fsp3) is 0.438. The quantitative estimate of drug-likeness (QED) is 0.838. The molecule has 1 atom stereocenters. The number of pyridine rings is 1. The van der Waals surface area contributed by atoms with E-state index >= 15 is 0 Å². The Morgan fingerprint density at radius 3 is 2.78 bits per heavy atom. The molecule has 0 spiro atoms. The summed E-state index contributed by atoms with van der Waals surface area (Å²) in [6.07, 6.45) is 5.26. The summed E-state index contributed by atoms with van der Waals surface area (Å²) in [6, 6.07) is 11.1. The second-order valence-corrected chi connectivity index (χ2v) is 4.74. The van der Waals surface area contributed by atoms with Gasteiger partial charge in [-0.05, 0) is 30.8 Å². The molecule has 2 nitrogen and oxygen atoms in total. The van der Waals surface area contributed by atoms with Crippen molar-refractivity contribution in [2.75, 3.05) is 6.54 Å². The Bertz CT molecular complexity index is 488. The van der Waals surface area contributed by atoms with Crippen LogP contribution in [0.3, 0.4) is 0 Å². The molecule has 1 aromatic heterocycles. The molecule has 0 fully saturated rings. The predicted octanol–water partition coefficient (Wildman–Crippen LogP) is 3.56. The standard InChI is InChI=1S/C16H22N2/c1-3-10-17-14(4-2)12-16-15-8-6-5-7-13(15)9-11-18-16/h5-9,11,14,17H,3-4,10,12H2,1-2H3. The summed E-state index contributed by atoms with van der Waals surface area (Å²) >= 11 is 0. The van der Waals surface area contributed by atoms with Gasteiger partial charge in [0, 0.05) is 29.7 Å². The first-order chi connectivity index (χ1) is 8.85. The van der Waals surface area contributed by atoms with E-state index in [4.69, 9.17) is 0 Å². The van der Waals surface area contributed by atoms with Crippen LogP contribution in [0.1, 0.15) is 32.4 Å². The van der Waals surface area contributed by atoms with Gasteiger partial charge in [-0.3, -0.25) is 4.98 Å². The van der Waals surface area contributed by atoms with Gasteiger partial charge in [-0.2, -0.15) is 0 Å². The Hall–Kier alpha value is -1.41. The van der Waals surface area contributed by atoms with E-state index < -0.39 is 0 Å². The van der Waals surface area contributed by atoms with Crippen molar-refractivity contribution in [3.8, 4) is 0 Å². The van der Waals surface area contributed by atoms with Crippen molar-refractivity contribution in [1.29, 1.82) is 0 Å². The normalized spacial score (nSPS) is 12.8. The van der Waals surface area contributed by atoms with Crippen LogP contribution in [0.25, 0.3) is 10.8 Å². The fourth-order valence-electron chi connectivity index (χ4n) is 2.29. The first-order valence-corrected chi connectivity index (χ1v) is 6.91. The van der Waals surface area contributed by atoms with Crippen LogP contribution in [0.2, 0.25) is 0 Å². The number of nitrogens with zero attached hydrogens (tertiary/aromatic N) is 1. The molecule has 1 heterocycles. The second kappa shape index (κ2) is 6.50. The van der Waals surface area contributed by atoms with E-state index in [1.54, 1.807) is 0 Å². The highest BCUT2D eigenvalue weighted by molar-refractivity contribution is 5.84. The Balaban J connectivity index is 2.19. The summed E-state index contributed by atoms with van der Waals surface area (Å²) in [4.78, 5) is 4.56. The van der Waals surface area contributed by atoms with Crippen molar-refractivity contribution in [2.24, 2.45) is 0 Å². The van der Waals surface area contributed by atoms with Crippen LogP contribution in [0.5, 0.6) is 0 Å². The van der Waals surface area contributed by atoms with Crippen molar-refractivity contribution < 1.29 is 0 Å². The van der Waals surface area contributed by atoms with Gasteiger partial charge in [0.1, 0.15) is 0 Å². The molecule has 1 N–H and O–H groups in total. The summed E-state index contributed by atoms with van der Waals surface area (Å²) < 4.78 is 0. The summed E-state index contributed by atoms with van der Waals surface area (Å²) in [5.74, 6) is 0. The van der Waals surface area contributed by atoms with Crippen LogP contribution in [0.4, 0.5) is 0 Å². The molecule has 0 aliphatic rings. The molecule has 0 saturated carbocycles. The van der Waals surface area contributed by atoms with Gasteiger partial charge in [0.25, 0.3) is 0 Å². The number of benzene rings is 1. The Morgan fingerprint density at radius 2 is 2.00 bits per heavy atom. The monoisotopic (exact) mass is 242 g/mol. The molecule has 0 aliphatic carbocycles. The minimum atomic E-state index is 0.531. The van der Waals surface area contributed by atoms with E-state index in [-0.39, 0.29) is 0 Å². The maximum atomic E-state index is 4.56. The van der Waals surface area contributed by atoms with Crippen molar-refractivity contribution >= 4 is 10.8 Å². The number of aromatic nitrogens is 1. The van der Waals surface area contributed by atoms with E-state index in [0.717, 1.165) is 19.4 Å². The Kier molecular flexibility index (Phi) is 4.71. The van der Waals surface area contributed by atoms with Crippen LogP contribution in [0.15, 0.2) is 36.5 Å². The molecule has 1 aromatic carbocycles. The lowest BCUT2D eigenvalue weighted by Gasteiger charge is -2.17. The van der Waals surface area contributed by atoms with Crippen LogP contribution < -0.4 is 5.32 Å². The molecule has 96 valence electrons. The largest absolute Gasteiger partial charge is 0.314 e. The Morgan fingerprint density at radius 1 is 1.17 bits per heavy atom. The van der Waals surface area contributed by atoms with Gasteiger partial charge in [-0.1, -0.05) is 38.1 Å².